The monoisotopic (exact) mass is 142 g/mol. The number of hydrogen-bond acceptors (Lipinski definition) is 2. The van der Waals surface area contributed by atoms with Gasteiger partial charge in [0.2, 0.25) is 0 Å². The van der Waals surface area contributed by atoms with E-state index in [1.54, 1.807) is 0 Å². The van der Waals surface area contributed by atoms with Gasteiger partial charge in [-0.3, -0.25) is 0 Å². The van der Waals surface area contributed by atoms with E-state index in [1.165, 1.54) is 6.42 Å². The summed E-state index contributed by atoms with van der Waals surface area (Å²) in [4.78, 5) is 0. The van der Waals surface area contributed by atoms with Crippen molar-refractivity contribution < 1.29 is 9.84 Å². The lowest BCUT2D eigenvalue weighted by molar-refractivity contribution is -0.0694. The van der Waals surface area contributed by atoms with E-state index in [-0.39, 0.29) is 6.10 Å². The van der Waals surface area contributed by atoms with Gasteiger partial charge >= 0.3 is 0 Å². The topological polar surface area (TPSA) is 29.5 Å². The van der Waals surface area contributed by atoms with Crippen molar-refractivity contribution in [2.75, 3.05) is 13.2 Å². The summed E-state index contributed by atoms with van der Waals surface area (Å²) in [6.07, 6.45) is 3.29. The van der Waals surface area contributed by atoms with Crippen LogP contribution < -0.4 is 0 Å². The third-order valence-electron chi connectivity index (χ3n) is 2.74. The lowest BCUT2D eigenvalue weighted by atomic mass is 9.79. The Bertz CT molecular complexity index is 122. The number of aliphatic hydroxyl groups is 1. The molecule has 2 nitrogen and oxygen atoms in total. The van der Waals surface area contributed by atoms with Crippen molar-refractivity contribution >= 4 is 0 Å². The minimum Gasteiger partial charge on any atom is -0.393 e. The largest absolute Gasteiger partial charge is 0.393 e. The van der Waals surface area contributed by atoms with Gasteiger partial charge in [0, 0.05) is 12.5 Å². The van der Waals surface area contributed by atoms with Gasteiger partial charge in [-0.05, 0) is 25.2 Å². The van der Waals surface area contributed by atoms with E-state index < -0.39 is 0 Å². The SMILES string of the molecule is O[C@@H]1CC[C@H]2COC[C@@H]1C2. The van der Waals surface area contributed by atoms with Crippen LogP contribution in [0.15, 0.2) is 0 Å². The Kier molecular flexibility index (Phi) is 1.66. The molecule has 1 aliphatic carbocycles. The summed E-state index contributed by atoms with van der Waals surface area (Å²) < 4.78 is 5.35. The summed E-state index contributed by atoms with van der Waals surface area (Å²) in [5, 5.41) is 9.44. The van der Waals surface area contributed by atoms with Crippen molar-refractivity contribution in [3.8, 4) is 0 Å². The van der Waals surface area contributed by atoms with Gasteiger partial charge < -0.3 is 9.84 Å². The minimum atomic E-state index is -0.0726. The van der Waals surface area contributed by atoms with E-state index in [0.717, 1.165) is 32.0 Å². The van der Waals surface area contributed by atoms with Crippen LogP contribution in [0.3, 0.4) is 0 Å². The third kappa shape index (κ3) is 1.06. The summed E-state index contributed by atoms with van der Waals surface area (Å²) >= 11 is 0. The highest BCUT2D eigenvalue weighted by atomic mass is 16.5. The van der Waals surface area contributed by atoms with Crippen molar-refractivity contribution in [1.82, 2.24) is 0 Å². The molecule has 2 heteroatoms. The summed E-state index contributed by atoms with van der Waals surface area (Å²) in [5.41, 5.74) is 0. The molecule has 10 heavy (non-hydrogen) atoms. The van der Waals surface area contributed by atoms with Crippen molar-refractivity contribution in [1.29, 1.82) is 0 Å². The van der Waals surface area contributed by atoms with Crippen molar-refractivity contribution in [2.24, 2.45) is 11.8 Å². The maximum atomic E-state index is 9.44. The fourth-order valence-corrected chi connectivity index (χ4v) is 2.06. The smallest absolute Gasteiger partial charge is 0.0590 e. The van der Waals surface area contributed by atoms with Crippen LogP contribution in [0.2, 0.25) is 0 Å². The van der Waals surface area contributed by atoms with Crippen LogP contribution in [-0.2, 0) is 4.74 Å². The highest BCUT2D eigenvalue weighted by molar-refractivity contribution is 4.82. The van der Waals surface area contributed by atoms with Gasteiger partial charge in [0.1, 0.15) is 0 Å². The standard InChI is InChI=1S/C8H14O2/c9-8-2-1-6-3-7(8)5-10-4-6/h6-9H,1-5H2/t6-,7+,8-/m1/s1. The molecule has 3 atom stereocenters. The molecule has 0 aromatic carbocycles. The molecular formula is C8H14O2. The molecule has 0 aromatic rings. The maximum Gasteiger partial charge on any atom is 0.0590 e. The molecule has 1 aliphatic heterocycles. The molecule has 0 aromatic heterocycles. The molecule has 1 saturated carbocycles. The molecule has 0 spiro atoms. The zero-order chi connectivity index (χ0) is 6.97. The van der Waals surface area contributed by atoms with Gasteiger partial charge in [0.05, 0.1) is 12.7 Å². The van der Waals surface area contributed by atoms with Crippen LogP contribution in [0.4, 0.5) is 0 Å². The van der Waals surface area contributed by atoms with Crippen LogP contribution in [-0.4, -0.2) is 24.4 Å². The summed E-state index contributed by atoms with van der Waals surface area (Å²) in [7, 11) is 0. The van der Waals surface area contributed by atoms with E-state index in [9.17, 15) is 5.11 Å². The predicted octanol–water partition coefficient (Wildman–Crippen LogP) is 0.794. The highest BCUT2D eigenvalue weighted by Gasteiger charge is 2.32. The fraction of sp³-hybridized carbons (Fsp3) is 1.00. The number of hydrogen-bond donors (Lipinski definition) is 1. The second-order valence-corrected chi connectivity index (χ2v) is 3.54. The number of ether oxygens (including phenoxy) is 1. The Morgan fingerprint density at radius 2 is 2.10 bits per heavy atom. The Balaban J connectivity index is 2.00. The molecule has 0 amide bonds. The molecule has 2 aliphatic rings. The van der Waals surface area contributed by atoms with E-state index in [4.69, 9.17) is 4.74 Å². The quantitative estimate of drug-likeness (QED) is 0.542. The Morgan fingerprint density at radius 1 is 1.20 bits per heavy atom. The van der Waals surface area contributed by atoms with E-state index in [1.807, 2.05) is 0 Å². The Morgan fingerprint density at radius 3 is 2.90 bits per heavy atom. The van der Waals surface area contributed by atoms with Gasteiger partial charge in [-0.15, -0.1) is 0 Å². The van der Waals surface area contributed by atoms with Crippen molar-refractivity contribution in [2.45, 2.75) is 25.4 Å². The van der Waals surface area contributed by atoms with Crippen molar-refractivity contribution in [3.63, 3.8) is 0 Å². The molecule has 58 valence electrons. The lowest BCUT2D eigenvalue weighted by Crippen LogP contribution is -2.38. The molecule has 1 heterocycles. The van der Waals surface area contributed by atoms with Gasteiger partial charge in [0.15, 0.2) is 0 Å². The molecule has 2 rings (SSSR count). The zero-order valence-electron chi connectivity index (χ0n) is 6.12. The van der Waals surface area contributed by atoms with Crippen LogP contribution in [0.25, 0.3) is 0 Å². The van der Waals surface area contributed by atoms with E-state index in [2.05, 4.69) is 0 Å². The summed E-state index contributed by atoms with van der Waals surface area (Å²) in [5.74, 6) is 1.20. The van der Waals surface area contributed by atoms with Crippen LogP contribution >= 0.6 is 0 Å². The Labute approximate surface area is 61.2 Å². The molecule has 1 saturated heterocycles. The van der Waals surface area contributed by atoms with Gasteiger partial charge in [-0.1, -0.05) is 0 Å². The molecule has 1 N–H and O–H groups in total. The van der Waals surface area contributed by atoms with Crippen LogP contribution in [0.1, 0.15) is 19.3 Å². The number of rotatable bonds is 0. The van der Waals surface area contributed by atoms with Crippen molar-refractivity contribution in [3.05, 3.63) is 0 Å². The second kappa shape index (κ2) is 2.51. The lowest BCUT2D eigenvalue weighted by Gasteiger charge is -2.37. The van der Waals surface area contributed by atoms with Crippen LogP contribution in [0.5, 0.6) is 0 Å². The van der Waals surface area contributed by atoms with Gasteiger partial charge in [-0.25, -0.2) is 0 Å². The van der Waals surface area contributed by atoms with Gasteiger partial charge in [-0.2, -0.15) is 0 Å². The average molecular weight is 142 g/mol. The first kappa shape index (κ1) is 6.62. The van der Waals surface area contributed by atoms with E-state index >= 15 is 0 Å². The maximum absolute atomic E-state index is 9.44. The molecule has 2 bridgehead atoms. The second-order valence-electron chi connectivity index (χ2n) is 3.54. The third-order valence-corrected chi connectivity index (χ3v) is 2.74. The first-order chi connectivity index (χ1) is 4.86. The number of aliphatic hydroxyl groups excluding tert-OH is 1. The zero-order valence-corrected chi connectivity index (χ0v) is 6.12. The van der Waals surface area contributed by atoms with Gasteiger partial charge in [0.25, 0.3) is 0 Å². The number of fused-ring (bicyclic) bond motifs is 2. The normalized spacial score (nSPS) is 47.1. The molecular weight excluding hydrogens is 128 g/mol. The van der Waals surface area contributed by atoms with E-state index in [0.29, 0.717) is 5.92 Å². The first-order valence-electron chi connectivity index (χ1n) is 4.12. The fourth-order valence-electron chi connectivity index (χ4n) is 2.06. The van der Waals surface area contributed by atoms with Crippen LogP contribution in [0, 0.1) is 11.8 Å². The minimum absolute atomic E-state index is 0.0726. The molecule has 0 radical (unpaired) electrons. The summed E-state index contributed by atoms with van der Waals surface area (Å²) in [6.45, 7) is 1.72. The molecule has 2 fully saturated rings. The average Bonchev–Trinajstić information content (AvgIpc) is 1.99. The first-order valence-corrected chi connectivity index (χ1v) is 4.12. The predicted molar refractivity (Wildman–Crippen MR) is 37.7 cm³/mol. The summed E-state index contributed by atoms with van der Waals surface area (Å²) in [6, 6.07) is 0. The Hall–Kier alpha value is -0.0800. The highest BCUT2D eigenvalue weighted by Crippen LogP contribution is 2.33. The molecule has 0 unspecified atom stereocenters.